The third-order valence-electron chi connectivity index (χ3n) is 0.335. The van der Waals surface area contributed by atoms with Gasteiger partial charge in [-0.2, -0.15) is 8.42 Å². The molecule has 0 aliphatic heterocycles. The van der Waals surface area contributed by atoms with E-state index >= 15 is 0 Å². The first-order valence-electron chi connectivity index (χ1n) is 1.57. The number of rotatable bonds is 2. The molecule has 0 rings (SSSR count). The molecule has 0 radical (unpaired) electrons. The molecular weight excluding hydrogens is 299 g/mol. The topological polar surface area (TPSA) is 54.4 Å². The van der Waals surface area contributed by atoms with Crippen LogP contribution in [0.3, 0.4) is 0 Å². The zero-order chi connectivity index (χ0) is 5.91. The molecule has 0 atom stereocenters. The fourth-order valence-corrected chi connectivity index (χ4v) is 1.52. The molecule has 0 bridgehead atoms. The van der Waals surface area contributed by atoms with Crippen molar-refractivity contribution in [2.24, 2.45) is 0 Å². The van der Waals surface area contributed by atoms with E-state index in [0.29, 0.717) is 0 Å². The first kappa shape index (κ1) is 16.6. The summed E-state index contributed by atoms with van der Waals surface area (Å²) in [6.07, 6.45) is 0. The minimum Gasteiger partial charge on any atom is -0.286 e. The molecule has 0 aromatic heterocycles. The fraction of sp³-hybridized carbons (Fsp3) is 1.00. The maximum Gasteiger partial charge on any atom is 0.265 e. The molecule has 0 amide bonds. The average Bonchev–Trinajstić information content (AvgIpc) is 1.30. The van der Waals surface area contributed by atoms with E-state index in [0.717, 1.165) is 0 Å². The standard InChI is InChI=1S/C2H5BrO3S.BrH.ClH/c3-1-2-7(4,5)6;;/h1-2H2,(H,4,5,6);2*1H. The van der Waals surface area contributed by atoms with Gasteiger partial charge in [0.25, 0.3) is 10.1 Å². The number of alkyl halides is 1. The molecule has 60 valence electrons. The van der Waals surface area contributed by atoms with Crippen molar-refractivity contribution in [1.29, 1.82) is 0 Å². The summed E-state index contributed by atoms with van der Waals surface area (Å²) in [5, 5.41) is 0.284. The van der Waals surface area contributed by atoms with Crippen molar-refractivity contribution >= 4 is 55.4 Å². The number of halogens is 3. The second kappa shape index (κ2) is 7.27. The van der Waals surface area contributed by atoms with Crippen LogP contribution in [-0.2, 0) is 10.1 Å². The lowest BCUT2D eigenvalue weighted by Gasteiger charge is -1.84. The van der Waals surface area contributed by atoms with E-state index in [2.05, 4.69) is 15.9 Å². The second-order valence-electron chi connectivity index (χ2n) is 0.975. The molecule has 0 aromatic carbocycles. The van der Waals surface area contributed by atoms with Crippen molar-refractivity contribution in [3.8, 4) is 0 Å². The van der Waals surface area contributed by atoms with Crippen molar-refractivity contribution in [3.63, 3.8) is 0 Å². The summed E-state index contributed by atoms with van der Waals surface area (Å²) in [7, 11) is -3.72. The predicted octanol–water partition coefficient (Wildman–Crippen LogP) is 1.27. The van der Waals surface area contributed by atoms with Gasteiger partial charge in [0.05, 0.1) is 5.75 Å². The molecule has 1 N–H and O–H groups in total. The molecule has 0 aliphatic carbocycles. The van der Waals surface area contributed by atoms with Crippen LogP contribution in [0.1, 0.15) is 0 Å². The lowest BCUT2D eigenvalue weighted by molar-refractivity contribution is 0.485. The Morgan fingerprint density at radius 1 is 1.44 bits per heavy atom. The molecule has 0 unspecified atom stereocenters. The van der Waals surface area contributed by atoms with Gasteiger partial charge in [-0.25, -0.2) is 0 Å². The van der Waals surface area contributed by atoms with E-state index in [1.807, 2.05) is 0 Å². The average molecular weight is 306 g/mol. The van der Waals surface area contributed by atoms with Crippen molar-refractivity contribution in [2.75, 3.05) is 11.1 Å². The Morgan fingerprint density at radius 3 is 1.78 bits per heavy atom. The van der Waals surface area contributed by atoms with Gasteiger partial charge >= 0.3 is 0 Å². The predicted molar refractivity (Wildman–Crippen MR) is 47.8 cm³/mol. The molecule has 0 aromatic rings. The fourth-order valence-electron chi connectivity index (χ4n) is 0.0975. The third-order valence-corrected chi connectivity index (χ3v) is 1.98. The Kier molecular flexibility index (Phi) is 13.4. The highest BCUT2D eigenvalue weighted by atomic mass is 79.9. The summed E-state index contributed by atoms with van der Waals surface area (Å²) in [5.41, 5.74) is 0. The van der Waals surface area contributed by atoms with Gasteiger partial charge in [0.1, 0.15) is 0 Å². The van der Waals surface area contributed by atoms with Gasteiger partial charge in [-0.1, -0.05) is 15.9 Å². The van der Waals surface area contributed by atoms with Crippen molar-refractivity contribution in [2.45, 2.75) is 0 Å². The molecule has 0 aliphatic rings. The molecule has 0 saturated heterocycles. The summed E-state index contributed by atoms with van der Waals surface area (Å²) < 4.78 is 27.5. The molecule has 0 heterocycles. The zero-order valence-corrected chi connectivity index (χ0v) is 9.21. The Labute approximate surface area is 79.3 Å². The quantitative estimate of drug-likeness (QED) is 0.617. The largest absolute Gasteiger partial charge is 0.286 e. The SMILES string of the molecule is Br.Cl.O=S(=O)(O)CCBr. The summed E-state index contributed by atoms with van der Waals surface area (Å²) in [6, 6.07) is 0. The first-order chi connectivity index (χ1) is 3.06. The minimum absolute atomic E-state index is 0. The zero-order valence-electron chi connectivity index (χ0n) is 4.28. The smallest absolute Gasteiger partial charge is 0.265 e. The van der Waals surface area contributed by atoms with Crippen LogP contribution in [0, 0.1) is 0 Å². The molecule has 7 heteroatoms. The van der Waals surface area contributed by atoms with Gasteiger partial charge in [0, 0.05) is 5.33 Å². The van der Waals surface area contributed by atoms with E-state index in [4.69, 9.17) is 4.55 Å². The van der Waals surface area contributed by atoms with E-state index in [1.165, 1.54) is 0 Å². The highest BCUT2D eigenvalue weighted by Gasteiger charge is 1.99. The van der Waals surface area contributed by atoms with Crippen molar-refractivity contribution in [3.05, 3.63) is 0 Å². The highest BCUT2D eigenvalue weighted by Crippen LogP contribution is 1.85. The van der Waals surface area contributed by atoms with E-state index in [9.17, 15) is 8.42 Å². The Balaban J connectivity index is -0.000000180. The monoisotopic (exact) mass is 304 g/mol. The molecular formula is C2H7Br2ClO3S. The Hall–Kier alpha value is 1.16. The van der Waals surface area contributed by atoms with E-state index < -0.39 is 10.1 Å². The minimum atomic E-state index is -3.72. The number of hydrogen-bond acceptors (Lipinski definition) is 2. The molecule has 0 saturated carbocycles. The lowest BCUT2D eigenvalue weighted by atomic mass is 11.0. The third kappa shape index (κ3) is 17.6. The lowest BCUT2D eigenvalue weighted by Crippen LogP contribution is -2.03. The van der Waals surface area contributed by atoms with Crippen LogP contribution in [-0.4, -0.2) is 24.1 Å². The molecule has 3 nitrogen and oxygen atoms in total. The van der Waals surface area contributed by atoms with Gasteiger partial charge < -0.3 is 0 Å². The number of hydrogen-bond donors (Lipinski definition) is 1. The summed E-state index contributed by atoms with van der Waals surface area (Å²) in [4.78, 5) is 0. The second-order valence-corrected chi connectivity index (χ2v) is 3.34. The summed E-state index contributed by atoms with van der Waals surface area (Å²) >= 11 is 2.85. The first-order valence-corrected chi connectivity index (χ1v) is 4.30. The Morgan fingerprint density at radius 2 is 1.78 bits per heavy atom. The van der Waals surface area contributed by atoms with Gasteiger partial charge in [-0.05, 0) is 0 Å². The van der Waals surface area contributed by atoms with Crippen LogP contribution in [0.4, 0.5) is 0 Å². The van der Waals surface area contributed by atoms with Gasteiger partial charge in [-0.3, -0.25) is 4.55 Å². The normalized spacial score (nSPS) is 9.11. The van der Waals surface area contributed by atoms with Gasteiger partial charge in [0.15, 0.2) is 0 Å². The van der Waals surface area contributed by atoms with Crippen LogP contribution >= 0.6 is 45.3 Å². The maximum absolute atomic E-state index is 9.76. The maximum atomic E-state index is 9.76. The van der Waals surface area contributed by atoms with Crippen LogP contribution in [0.2, 0.25) is 0 Å². The molecule has 0 spiro atoms. The van der Waals surface area contributed by atoms with Crippen LogP contribution in [0.25, 0.3) is 0 Å². The van der Waals surface area contributed by atoms with Crippen LogP contribution < -0.4 is 0 Å². The summed E-state index contributed by atoms with van der Waals surface area (Å²) in [5.74, 6) is -0.215. The van der Waals surface area contributed by atoms with E-state index in [-0.39, 0.29) is 40.5 Å². The molecule has 9 heavy (non-hydrogen) atoms. The molecule has 0 fully saturated rings. The van der Waals surface area contributed by atoms with Gasteiger partial charge in [0.2, 0.25) is 0 Å². The highest BCUT2D eigenvalue weighted by molar-refractivity contribution is 9.09. The van der Waals surface area contributed by atoms with Crippen molar-refractivity contribution < 1.29 is 13.0 Å². The van der Waals surface area contributed by atoms with Gasteiger partial charge in [-0.15, -0.1) is 29.4 Å². The van der Waals surface area contributed by atoms with Crippen molar-refractivity contribution in [1.82, 2.24) is 0 Å². The van der Waals surface area contributed by atoms with Crippen LogP contribution in [0.15, 0.2) is 0 Å². The Bertz CT molecular complexity index is 133. The summed E-state index contributed by atoms with van der Waals surface area (Å²) in [6.45, 7) is 0. The van der Waals surface area contributed by atoms with E-state index in [1.54, 1.807) is 0 Å². The van der Waals surface area contributed by atoms with Crippen LogP contribution in [0.5, 0.6) is 0 Å².